The van der Waals surface area contributed by atoms with Gasteiger partial charge in [-0.25, -0.2) is 4.98 Å². The maximum atomic E-state index is 12.4. The standard InChI is InChI=1S/C21H25N5O3S/c1-13-5-6-14(2)17(7-13)23-19(27)9-21-22-16(12-30-21)10-26(4)11-20(28)24-18-8-15(3)29-25-18/h5-8,12H,9-11H2,1-4H3,(H,23,27)(H,24,25,28). The zero-order valence-corrected chi connectivity index (χ0v) is 18.3. The largest absolute Gasteiger partial charge is 0.360 e. The zero-order chi connectivity index (χ0) is 21.7. The first-order chi connectivity index (χ1) is 14.3. The van der Waals surface area contributed by atoms with E-state index in [4.69, 9.17) is 4.52 Å². The van der Waals surface area contributed by atoms with Crippen LogP contribution in [0.1, 0.15) is 27.6 Å². The number of aromatic nitrogens is 2. The second-order valence-electron chi connectivity index (χ2n) is 7.32. The first kappa shape index (κ1) is 21.7. The van der Waals surface area contributed by atoms with Crippen LogP contribution in [0.5, 0.6) is 0 Å². The van der Waals surface area contributed by atoms with Crippen molar-refractivity contribution in [2.75, 3.05) is 24.2 Å². The Morgan fingerprint density at radius 3 is 2.67 bits per heavy atom. The molecular weight excluding hydrogens is 402 g/mol. The maximum absolute atomic E-state index is 12.4. The highest BCUT2D eigenvalue weighted by Crippen LogP contribution is 2.18. The maximum Gasteiger partial charge on any atom is 0.239 e. The van der Waals surface area contributed by atoms with Gasteiger partial charge in [-0.3, -0.25) is 14.5 Å². The highest BCUT2D eigenvalue weighted by atomic mass is 32.1. The molecule has 0 aliphatic heterocycles. The van der Waals surface area contributed by atoms with Crippen LogP contribution in [-0.2, 0) is 22.6 Å². The number of anilines is 2. The predicted molar refractivity (Wildman–Crippen MR) is 117 cm³/mol. The van der Waals surface area contributed by atoms with Crippen molar-refractivity contribution >= 4 is 34.7 Å². The number of nitrogens with zero attached hydrogens (tertiary/aromatic N) is 3. The molecule has 2 amide bonds. The molecule has 2 N–H and O–H groups in total. The van der Waals surface area contributed by atoms with Crippen molar-refractivity contribution in [2.45, 2.75) is 33.7 Å². The van der Waals surface area contributed by atoms with E-state index in [1.54, 1.807) is 13.0 Å². The van der Waals surface area contributed by atoms with Crippen LogP contribution < -0.4 is 10.6 Å². The lowest BCUT2D eigenvalue weighted by atomic mass is 10.1. The van der Waals surface area contributed by atoms with Gasteiger partial charge in [-0.15, -0.1) is 11.3 Å². The van der Waals surface area contributed by atoms with Crippen molar-refractivity contribution < 1.29 is 14.1 Å². The van der Waals surface area contributed by atoms with Crippen LogP contribution in [0.3, 0.4) is 0 Å². The molecule has 0 aliphatic rings. The van der Waals surface area contributed by atoms with E-state index in [0.717, 1.165) is 27.5 Å². The molecule has 0 radical (unpaired) electrons. The van der Waals surface area contributed by atoms with Crippen molar-refractivity contribution in [2.24, 2.45) is 0 Å². The summed E-state index contributed by atoms with van der Waals surface area (Å²) < 4.78 is 4.93. The fourth-order valence-electron chi connectivity index (χ4n) is 2.89. The number of amides is 2. The van der Waals surface area contributed by atoms with Gasteiger partial charge in [0.25, 0.3) is 0 Å². The van der Waals surface area contributed by atoms with Gasteiger partial charge in [0.15, 0.2) is 5.82 Å². The second-order valence-corrected chi connectivity index (χ2v) is 8.26. The Labute approximate surface area is 179 Å². The quantitative estimate of drug-likeness (QED) is 0.572. The van der Waals surface area contributed by atoms with Gasteiger partial charge in [-0.1, -0.05) is 17.3 Å². The van der Waals surface area contributed by atoms with Crippen LogP contribution in [-0.4, -0.2) is 40.4 Å². The van der Waals surface area contributed by atoms with E-state index in [1.807, 2.05) is 49.4 Å². The lowest BCUT2D eigenvalue weighted by Crippen LogP contribution is -2.30. The summed E-state index contributed by atoms with van der Waals surface area (Å²) in [5.41, 5.74) is 3.76. The molecule has 2 aromatic heterocycles. The normalized spacial score (nSPS) is 11.0. The van der Waals surface area contributed by atoms with Gasteiger partial charge in [0, 0.05) is 23.7 Å². The first-order valence-corrected chi connectivity index (χ1v) is 10.4. The van der Waals surface area contributed by atoms with Gasteiger partial charge in [0.05, 0.1) is 18.7 Å². The van der Waals surface area contributed by atoms with E-state index in [0.29, 0.717) is 18.1 Å². The Morgan fingerprint density at radius 2 is 1.93 bits per heavy atom. The van der Waals surface area contributed by atoms with E-state index in [1.165, 1.54) is 11.3 Å². The molecule has 0 saturated carbocycles. The van der Waals surface area contributed by atoms with Crippen LogP contribution >= 0.6 is 11.3 Å². The molecule has 0 bridgehead atoms. The number of hydrogen-bond donors (Lipinski definition) is 2. The summed E-state index contributed by atoms with van der Waals surface area (Å²) in [7, 11) is 1.83. The minimum Gasteiger partial charge on any atom is -0.360 e. The fraction of sp³-hybridized carbons (Fsp3) is 0.333. The number of carbonyl (C=O) groups is 2. The highest BCUT2D eigenvalue weighted by molar-refractivity contribution is 7.09. The number of benzene rings is 1. The van der Waals surface area contributed by atoms with Gasteiger partial charge in [-0.05, 0) is 45.0 Å². The van der Waals surface area contributed by atoms with E-state index in [2.05, 4.69) is 20.8 Å². The van der Waals surface area contributed by atoms with Crippen molar-refractivity contribution in [1.82, 2.24) is 15.0 Å². The van der Waals surface area contributed by atoms with E-state index in [-0.39, 0.29) is 24.8 Å². The Bertz CT molecular complexity index is 1040. The third kappa shape index (κ3) is 6.23. The average molecular weight is 428 g/mol. The van der Waals surface area contributed by atoms with Crippen molar-refractivity contribution in [1.29, 1.82) is 0 Å². The van der Waals surface area contributed by atoms with Gasteiger partial charge in [0.1, 0.15) is 10.8 Å². The molecule has 9 heteroatoms. The SMILES string of the molecule is Cc1ccc(C)c(NC(=O)Cc2nc(CN(C)CC(=O)Nc3cc(C)on3)cs2)c1. The fourth-order valence-corrected chi connectivity index (χ4v) is 3.67. The van der Waals surface area contributed by atoms with Crippen molar-refractivity contribution in [3.8, 4) is 0 Å². The Morgan fingerprint density at radius 1 is 1.13 bits per heavy atom. The summed E-state index contributed by atoms with van der Waals surface area (Å²) in [6.45, 7) is 6.40. The first-order valence-electron chi connectivity index (χ1n) is 9.50. The van der Waals surface area contributed by atoms with Crippen LogP contribution in [0.2, 0.25) is 0 Å². The predicted octanol–water partition coefficient (Wildman–Crippen LogP) is 3.31. The number of aryl methyl sites for hydroxylation is 3. The number of hydrogen-bond acceptors (Lipinski definition) is 7. The topological polar surface area (TPSA) is 100 Å². The second kappa shape index (κ2) is 9.64. The van der Waals surface area contributed by atoms with Crippen LogP contribution in [0.4, 0.5) is 11.5 Å². The molecule has 0 atom stereocenters. The number of thiazole rings is 1. The zero-order valence-electron chi connectivity index (χ0n) is 17.5. The van der Waals surface area contributed by atoms with Crippen LogP contribution in [0.15, 0.2) is 34.2 Å². The molecule has 0 aliphatic carbocycles. The van der Waals surface area contributed by atoms with Crippen molar-refractivity contribution in [3.05, 3.63) is 57.2 Å². The molecule has 0 saturated heterocycles. The molecule has 1 aromatic carbocycles. The summed E-state index contributed by atoms with van der Waals surface area (Å²) in [6, 6.07) is 7.62. The summed E-state index contributed by atoms with van der Waals surface area (Å²) in [6.07, 6.45) is 0.216. The third-order valence-corrected chi connectivity index (χ3v) is 5.22. The van der Waals surface area contributed by atoms with Crippen LogP contribution in [0.25, 0.3) is 0 Å². The Hall–Kier alpha value is -3.04. The minimum absolute atomic E-state index is 0.0970. The lowest BCUT2D eigenvalue weighted by Gasteiger charge is -2.14. The average Bonchev–Trinajstić information content (AvgIpc) is 3.26. The molecule has 30 heavy (non-hydrogen) atoms. The Balaban J connectivity index is 1.48. The summed E-state index contributed by atoms with van der Waals surface area (Å²) in [5, 5.41) is 12.0. The Kier molecular flexibility index (Phi) is 6.96. The monoisotopic (exact) mass is 427 g/mol. The molecule has 8 nitrogen and oxygen atoms in total. The van der Waals surface area contributed by atoms with E-state index >= 15 is 0 Å². The van der Waals surface area contributed by atoms with E-state index in [9.17, 15) is 9.59 Å². The smallest absolute Gasteiger partial charge is 0.239 e. The number of nitrogens with one attached hydrogen (secondary N) is 2. The van der Waals surface area contributed by atoms with Crippen molar-refractivity contribution in [3.63, 3.8) is 0 Å². The third-order valence-electron chi connectivity index (χ3n) is 4.32. The van der Waals surface area contributed by atoms with Gasteiger partial charge in [-0.2, -0.15) is 0 Å². The van der Waals surface area contributed by atoms with E-state index < -0.39 is 0 Å². The van der Waals surface area contributed by atoms with Gasteiger partial charge >= 0.3 is 0 Å². The minimum atomic E-state index is -0.186. The molecule has 0 unspecified atom stereocenters. The number of carbonyl (C=O) groups excluding carboxylic acids is 2. The molecule has 0 spiro atoms. The molecule has 3 rings (SSSR count). The lowest BCUT2D eigenvalue weighted by molar-refractivity contribution is -0.117. The summed E-state index contributed by atoms with van der Waals surface area (Å²) >= 11 is 1.44. The molecule has 3 aromatic rings. The highest BCUT2D eigenvalue weighted by Gasteiger charge is 2.13. The number of rotatable bonds is 8. The molecule has 2 heterocycles. The molecular formula is C21H25N5O3S. The molecule has 158 valence electrons. The number of likely N-dealkylation sites (N-methyl/N-ethyl adjacent to an activating group) is 1. The van der Waals surface area contributed by atoms with Gasteiger partial charge in [0.2, 0.25) is 11.8 Å². The summed E-state index contributed by atoms with van der Waals surface area (Å²) in [5.74, 6) is 0.751. The summed E-state index contributed by atoms with van der Waals surface area (Å²) in [4.78, 5) is 30.8. The molecule has 0 fully saturated rings. The van der Waals surface area contributed by atoms with Gasteiger partial charge < -0.3 is 15.2 Å². The van der Waals surface area contributed by atoms with Crippen LogP contribution in [0, 0.1) is 20.8 Å².